The molecule has 7 heteroatoms. The topological polar surface area (TPSA) is 60.2 Å². The molecule has 0 saturated carbocycles. The smallest absolute Gasteiger partial charge is 0.267 e. The van der Waals surface area contributed by atoms with Crippen molar-refractivity contribution in [3.8, 4) is 10.6 Å². The lowest BCUT2D eigenvalue weighted by Crippen LogP contribution is -2.14. The van der Waals surface area contributed by atoms with Crippen molar-refractivity contribution in [3.05, 3.63) is 82.3 Å². The highest BCUT2D eigenvalue weighted by molar-refractivity contribution is 7.19. The van der Waals surface area contributed by atoms with E-state index in [1.165, 1.54) is 28.0 Å². The zero-order chi connectivity index (χ0) is 17.2. The van der Waals surface area contributed by atoms with Gasteiger partial charge in [0.25, 0.3) is 5.56 Å². The molecule has 0 atom stereocenters. The molecule has 0 amide bonds. The summed E-state index contributed by atoms with van der Waals surface area (Å²) in [5.74, 6) is -0.383. The van der Waals surface area contributed by atoms with E-state index in [-0.39, 0.29) is 11.4 Å². The molecule has 0 aliphatic heterocycles. The molecule has 0 radical (unpaired) electrons. The van der Waals surface area contributed by atoms with E-state index < -0.39 is 0 Å². The third-order valence-electron chi connectivity index (χ3n) is 3.50. The highest BCUT2D eigenvalue weighted by Crippen LogP contribution is 2.26. The van der Waals surface area contributed by atoms with Gasteiger partial charge in [0, 0.05) is 24.0 Å². The Bertz CT molecular complexity index is 1130. The van der Waals surface area contributed by atoms with Crippen LogP contribution in [-0.2, 0) is 0 Å². The van der Waals surface area contributed by atoms with E-state index in [1.54, 1.807) is 36.7 Å². The Kier molecular flexibility index (Phi) is 3.91. The molecule has 0 saturated heterocycles. The first-order valence-corrected chi connectivity index (χ1v) is 8.26. The van der Waals surface area contributed by atoms with E-state index >= 15 is 0 Å². The molecule has 4 rings (SSSR count). The van der Waals surface area contributed by atoms with Gasteiger partial charge >= 0.3 is 0 Å². The minimum atomic E-state index is -0.383. The second-order valence-corrected chi connectivity index (χ2v) is 6.18. The van der Waals surface area contributed by atoms with Crippen LogP contribution in [0.1, 0.15) is 11.3 Å². The largest absolute Gasteiger partial charge is 0.275 e. The summed E-state index contributed by atoms with van der Waals surface area (Å²) < 4.78 is 15.1. The summed E-state index contributed by atoms with van der Waals surface area (Å²) in [6, 6.07) is 11.4. The minimum absolute atomic E-state index is 0.310. The average Bonchev–Trinajstić information content (AvgIpc) is 3.06. The number of nitrogens with zero attached hydrogens (tertiary/aromatic N) is 4. The summed E-state index contributed by atoms with van der Waals surface area (Å²) in [7, 11) is 0. The fraction of sp³-hybridized carbons (Fsp3) is 0. The average molecular weight is 350 g/mol. The molecule has 0 fully saturated rings. The van der Waals surface area contributed by atoms with Crippen molar-refractivity contribution in [1.29, 1.82) is 0 Å². The Morgan fingerprint density at radius 2 is 2.00 bits per heavy atom. The predicted octanol–water partition coefficient (Wildman–Crippen LogP) is 3.52. The van der Waals surface area contributed by atoms with Gasteiger partial charge in [-0.05, 0) is 29.8 Å². The minimum Gasteiger partial charge on any atom is -0.267 e. The van der Waals surface area contributed by atoms with Crippen molar-refractivity contribution in [2.75, 3.05) is 0 Å². The number of pyridine rings is 1. The normalized spacial score (nSPS) is 11.4. The zero-order valence-corrected chi connectivity index (χ0v) is 13.7. The molecule has 122 valence electrons. The van der Waals surface area contributed by atoms with Crippen LogP contribution in [0.25, 0.3) is 27.7 Å². The van der Waals surface area contributed by atoms with Gasteiger partial charge in [-0.25, -0.2) is 9.37 Å². The van der Waals surface area contributed by atoms with Gasteiger partial charge in [0.05, 0.1) is 5.69 Å². The predicted molar refractivity (Wildman–Crippen MR) is 95.7 cm³/mol. The number of hydrogen-bond donors (Lipinski definition) is 0. The summed E-state index contributed by atoms with van der Waals surface area (Å²) in [5.41, 5.74) is 1.46. The monoisotopic (exact) mass is 350 g/mol. The number of fused-ring (bicyclic) bond motifs is 1. The fourth-order valence-electron chi connectivity index (χ4n) is 2.31. The van der Waals surface area contributed by atoms with E-state index in [2.05, 4.69) is 15.1 Å². The van der Waals surface area contributed by atoms with Gasteiger partial charge in [-0.1, -0.05) is 35.6 Å². The summed E-state index contributed by atoms with van der Waals surface area (Å²) in [6.45, 7) is 0. The van der Waals surface area contributed by atoms with Crippen LogP contribution < -0.4 is 5.56 Å². The van der Waals surface area contributed by atoms with Gasteiger partial charge < -0.3 is 0 Å². The Labute approximate surface area is 145 Å². The van der Waals surface area contributed by atoms with Crippen LogP contribution in [0.3, 0.4) is 0 Å². The second kappa shape index (κ2) is 6.37. The summed E-state index contributed by atoms with van der Waals surface area (Å²) >= 11 is 1.17. The molecular formula is C18H11FN4OS. The van der Waals surface area contributed by atoms with Crippen LogP contribution >= 0.6 is 11.3 Å². The second-order valence-electron chi connectivity index (χ2n) is 5.22. The van der Waals surface area contributed by atoms with Gasteiger partial charge in [0.1, 0.15) is 5.82 Å². The fourth-order valence-corrected chi connectivity index (χ4v) is 3.25. The number of aromatic nitrogens is 4. The molecule has 3 aromatic heterocycles. The molecule has 0 spiro atoms. The first-order valence-electron chi connectivity index (χ1n) is 7.45. The first kappa shape index (κ1) is 15.3. The number of halogens is 1. The van der Waals surface area contributed by atoms with Crippen LogP contribution in [0, 0.1) is 5.82 Å². The Balaban J connectivity index is 1.76. The molecule has 0 aliphatic carbocycles. The van der Waals surface area contributed by atoms with Crippen LogP contribution in [-0.4, -0.2) is 19.6 Å². The quantitative estimate of drug-likeness (QED) is 0.567. The van der Waals surface area contributed by atoms with E-state index in [0.29, 0.717) is 21.2 Å². The SMILES string of the molecule is O=c1cc(C=Cc2cccnc2)nc2sc(-c3ccccc3F)nn12. The summed E-state index contributed by atoms with van der Waals surface area (Å²) in [4.78, 5) is 21.1. The maximum Gasteiger partial charge on any atom is 0.275 e. The molecular weight excluding hydrogens is 339 g/mol. The van der Waals surface area contributed by atoms with Gasteiger partial charge in [-0.3, -0.25) is 9.78 Å². The summed E-state index contributed by atoms with van der Waals surface area (Å²) in [5, 5.41) is 4.60. The zero-order valence-electron chi connectivity index (χ0n) is 12.8. The molecule has 1 aromatic carbocycles. The molecule has 0 unspecified atom stereocenters. The van der Waals surface area contributed by atoms with Crippen molar-refractivity contribution in [2.24, 2.45) is 0 Å². The maximum absolute atomic E-state index is 13.9. The molecule has 0 aliphatic rings. The van der Waals surface area contributed by atoms with Crippen molar-refractivity contribution in [1.82, 2.24) is 19.6 Å². The van der Waals surface area contributed by atoms with Gasteiger partial charge in [0.2, 0.25) is 4.96 Å². The van der Waals surface area contributed by atoms with Crippen LogP contribution in [0.15, 0.2) is 59.7 Å². The van der Waals surface area contributed by atoms with E-state index in [0.717, 1.165) is 5.56 Å². The first-order chi connectivity index (χ1) is 12.2. The van der Waals surface area contributed by atoms with Gasteiger partial charge in [-0.2, -0.15) is 9.61 Å². The Morgan fingerprint density at radius 1 is 1.12 bits per heavy atom. The summed E-state index contributed by atoms with van der Waals surface area (Å²) in [6.07, 6.45) is 6.96. The lowest BCUT2D eigenvalue weighted by molar-refractivity contribution is 0.630. The lowest BCUT2D eigenvalue weighted by Gasteiger charge is -1.95. The van der Waals surface area contributed by atoms with Crippen molar-refractivity contribution in [2.45, 2.75) is 0 Å². The number of hydrogen-bond acceptors (Lipinski definition) is 5. The van der Waals surface area contributed by atoms with E-state index in [4.69, 9.17) is 0 Å². The van der Waals surface area contributed by atoms with Gasteiger partial charge in [0.15, 0.2) is 5.01 Å². The van der Waals surface area contributed by atoms with E-state index in [1.807, 2.05) is 18.2 Å². The standard InChI is InChI=1S/C18H11FN4OS/c19-15-6-2-1-5-14(15)17-22-23-16(24)10-13(21-18(23)25-17)8-7-12-4-3-9-20-11-12/h1-11H. The molecule has 5 nitrogen and oxygen atoms in total. The molecule has 4 aromatic rings. The van der Waals surface area contributed by atoms with Crippen LogP contribution in [0.2, 0.25) is 0 Å². The third-order valence-corrected chi connectivity index (χ3v) is 4.44. The molecule has 0 N–H and O–H groups in total. The maximum atomic E-state index is 13.9. The molecule has 0 bridgehead atoms. The molecule has 3 heterocycles. The van der Waals surface area contributed by atoms with Crippen molar-refractivity contribution in [3.63, 3.8) is 0 Å². The highest BCUT2D eigenvalue weighted by Gasteiger charge is 2.12. The number of rotatable bonds is 3. The lowest BCUT2D eigenvalue weighted by atomic mass is 10.2. The van der Waals surface area contributed by atoms with Crippen LogP contribution in [0.4, 0.5) is 4.39 Å². The van der Waals surface area contributed by atoms with Crippen molar-refractivity contribution >= 4 is 28.4 Å². The van der Waals surface area contributed by atoms with Crippen LogP contribution in [0.5, 0.6) is 0 Å². The Morgan fingerprint density at radius 3 is 2.80 bits per heavy atom. The van der Waals surface area contributed by atoms with Crippen molar-refractivity contribution < 1.29 is 4.39 Å². The third kappa shape index (κ3) is 3.09. The Hall–Kier alpha value is -3.19. The van der Waals surface area contributed by atoms with E-state index in [9.17, 15) is 9.18 Å². The highest BCUT2D eigenvalue weighted by atomic mass is 32.1. The number of benzene rings is 1. The molecule has 25 heavy (non-hydrogen) atoms. The van der Waals surface area contributed by atoms with Gasteiger partial charge in [-0.15, -0.1) is 0 Å².